The normalized spacial score (nSPS) is 10.5. The number of ether oxygens (including phenoxy) is 1. The quantitative estimate of drug-likeness (QED) is 0.425. The van der Waals surface area contributed by atoms with Crippen molar-refractivity contribution >= 4 is 17.5 Å². The molecule has 2 rings (SSSR count). The second kappa shape index (κ2) is 7.79. The number of ketones is 1. The lowest BCUT2D eigenvalue weighted by Crippen LogP contribution is -2.06. The van der Waals surface area contributed by atoms with Gasteiger partial charge in [0.15, 0.2) is 10.9 Å². The molecule has 0 N–H and O–H groups in total. The summed E-state index contributed by atoms with van der Waals surface area (Å²) in [6.45, 7) is 6.42. The third-order valence-electron chi connectivity index (χ3n) is 3.17. The molecule has 0 radical (unpaired) electrons. The summed E-state index contributed by atoms with van der Waals surface area (Å²) in [4.78, 5) is 12.2. The second-order valence-electron chi connectivity index (χ2n) is 4.59. The Bertz CT molecular complexity index is 650. The number of rotatable bonds is 8. The lowest BCUT2D eigenvalue weighted by atomic mass is 10.1. The molecule has 1 aromatic carbocycles. The Morgan fingerprint density at radius 2 is 2.09 bits per heavy atom. The first-order valence-electron chi connectivity index (χ1n) is 7.02. The summed E-state index contributed by atoms with van der Waals surface area (Å²) in [7, 11) is 1.60. The molecule has 0 unspecified atom stereocenters. The van der Waals surface area contributed by atoms with Gasteiger partial charge < -0.3 is 9.30 Å². The zero-order valence-corrected chi connectivity index (χ0v) is 13.6. The van der Waals surface area contributed by atoms with Crippen LogP contribution in [0.3, 0.4) is 0 Å². The highest BCUT2D eigenvalue weighted by atomic mass is 32.2. The number of allylic oxidation sites excluding steroid dienone is 1. The third kappa shape index (κ3) is 3.76. The van der Waals surface area contributed by atoms with Gasteiger partial charge in [0.2, 0.25) is 0 Å². The highest BCUT2D eigenvalue weighted by Crippen LogP contribution is 2.20. The number of carbonyl (C=O) groups is 1. The van der Waals surface area contributed by atoms with E-state index >= 15 is 0 Å². The van der Waals surface area contributed by atoms with Crippen molar-refractivity contribution in [3.63, 3.8) is 0 Å². The smallest absolute Gasteiger partial charge is 0.191 e. The molecule has 0 aliphatic heterocycles. The van der Waals surface area contributed by atoms with Gasteiger partial charge in [-0.3, -0.25) is 4.79 Å². The summed E-state index contributed by atoms with van der Waals surface area (Å²) < 4.78 is 7.07. The van der Waals surface area contributed by atoms with Crippen LogP contribution in [-0.4, -0.2) is 33.4 Å². The molecular formula is C16H19N3O2S. The number of benzene rings is 1. The standard InChI is InChI=1S/C16H19N3O2S/c1-4-10-19-15(5-2)17-18-16(19)22-11-14(20)12-6-8-13(21-3)9-7-12/h4,6-9H,1,5,10-11H2,2-3H3. The first-order valence-corrected chi connectivity index (χ1v) is 8.01. The van der Waals surface area contributed by atoms with E-state index in [1.165, 1.54) is 11.8 Å². The van der Waals surface area contributed by atoms with Gasteiger partial charge in [-0.25, -0.2) is 0 Å². The molecule has 0 bridgehead atoms. The fourth-order valence-corrected chi connectivity index (χ4v) is 2.85. The molecule has 0 fully saturated rings. The highest BCUT2D eigenvalue weighted by Gasteiger charge is 2.13. The highest BCUT2D eigenvalue weighted by molar-refractivity contribution is 7.99. The molecule has 0 saturated heterocycles. The fourth-order valence-electron chi connectivity index (χ4n) is 1.99. The largest absolute Gasteiger partial charge is 0.497 e. The first-order chi connectivity index (χ1) is 10.7. The van der Waals surface area contributed by atoms with E-state index in [4.69, 9.17) is 4.74 Å². The van der Waals surface area contributed by atoms with Crippen molar-refractivity contribution in [1.29, 1.82) is 0 Å². The zero-order chi connectivity index (χ0) is 15.9. The molecule has 0 saturated carbocycles. The Balaban J connectivity index is 2.04. The monoisotopic (exact) mass is 317 g/mol. The maximum absolute atomic E-state index is 12.2. The average molecular weight is 317 g/mol. The van der Waals surface area contributed by atoms with Crippen LogP contribution in [0.15, 0.2) is 42.1 Å². The number of thioether (sulfide) groups is 1. The van der Waals surface area contributed by atoms with Gasteiger partial charge in [0.05, 0.1) is 12.9 Å². The second-order valence-corrected chi connectivity index (χ2v) is 5.53. The Morgan fingerprint density at radius 3 is 2.68 bits per heavy atom. The summed E-state index contributed by atoms with van der Waals surface area (Å²) in [6, 6.07) is 7.11. The minimum Gasteiger partial charge on any atom is -0.497 e. The number of aromatic nitrogens is 3. The van der Waals surface area contributed by atoms with Crippen molar-refractivity contribution in [2.75, 3.05) is 12.9 Å². The third-order valence-corrected chi connectivity index (χ3v) is 4.13. The fraction of sp³-hybridized carbons (Fsp3) is 0.312. The van der Waals surface area contributed by atoms with E-state index in [1.807, 2.05) is 11.5 Å². The molecule has 0 atom stereocenters. The summed E-state index contributed by atoms with van der Waals surface area (Å²) in [5.74, 6) is 2.02. The van der Waals surface area contributed by atoms with E-state index in [2.05, 4.69) is 16.8 Å². The van der Waals surface area contributed by atoms with Crippen LogP contribution in [0.1, 0.15) is 23.1 Å². The van der Waals surface area contributed by atoms with E-state index < -0.39 is 0 Å². The number of carbonyl (C=O) groups excluding carboxylic acids is 1. The van der Waals surface area contributed by atoms with E-state index in [0.29, 0.717) is 17.9 Å². The molecule has 6 heteroatoms. The van der Waals surface area contributed by atoms with Crippen LogP contribution in [0, 0.1) is 0 Å². The van der Waals surface area contributed by atoms with Crippen LogP contribution in [-0.2, 0) is 13.0 Å². The van der Waals surface area contributed by atoms with Gasteiger partial charge in [0.1, 0.15) is 11.6 Å². The van der Waals surface area contributed by atoms with Crippen molar-refractivity contribution in [2.45, 2.75) is 25.0 Å². The van der Waals surface area contributed by atoms with E-state index in [0.717, 1.165) is 23.2 Å². The Labute approximate surface area is 134 Å². The van der Waals surface area contributed by atoms with E-state index in [-0.39, 0.29) is 5.78 Å². The maximum atomic E-state index is 12.2. The van der Waals surface area contributed by atoms with Crippen LogP contribution in [0.25, 0.3) is 0 Å². The number of nitrogens with zero attached hydrogens (tertiary/aromatic N) is 3. The van der Waals surface area contributed by atoms with Crippen LogP contribution in [0.5, 0.6) is 5.75 Å². The average Bonchev–Trinajstić information content (AvgIpc) is 2.95. The van der Waals surface area contributed by atoms with Crippen LogP contribution < -0.4 is 4.74 Å². The SMILES string of the molecule is C=CCn1c(CC)nnc1SCC(=O)c1ccc(OC)cc1. The Morgan fingerprint density at radius 1 is 1.36 bits per heavy atom. The predicted molar refractivity (Wildman–Crippen MR) is 87.6 cm³/mol. The molecule has 2 aromatic rings. The number of Topliss-reactive ketones (excluding diaryl/α,β-unsaturated/α-hetero) is 1. The molecule has 22 heavy (non-hydrogen) atoms. The molecule has 0 aliphatic carbocycles. The number of aryl methyl sites for hydroxylation is 1. The molecular weight excluding hydrogens is 298 g/mol. The van der Waals surface area contributed by atoms with Gasteiger partial charge in [0.25, 0.3) is 0 Å². The molecule has 0 amide bonds. The first kappa shape index (κ1) is 16.3. The molecule has 1 heterocycles. The van der Waals surface area contributed by atoms with Crippen LogP contribution >= 0.6 is 11.8 Å². The van der Waals surface area contributed by atoms with Crippen molar-refractivity contribution in [2.24, 2.45) is 0 Å². The van der Waals surface area contributed by atoms with Gasteiger partial charge in [-0.1, -0.05) is 24.8 Å². The molecule has 5 nitrogen and oxygen atoms in total. The molecule has 1 aromatic heterocycles. The topological polar surface area (TPSA) is 57.0 Å². The summed E-state index contributed by atoms with van der Waals surface area (Å²) >= 11 is 1.40. The predicted octanol–water partition coefficient (Wildman–Crippen LogP) is 3.01. The van der Waals surface area contributed by atoms with Gasteiger partial charge in [-0.05, 0) is 24.3 Å². The van der Waals surface area contributed by atoms with Crippen LogP contribution in [0.4, 0.5) is 0 Å². The van der Waals surface area contributed by atoms with Gasteiger partial charge in [-0.15, -0.1) is 16.8 Å². The van der Waals surface area contributed by atoms with Gasteiger partial charge in [0, 0.05) is 18.5 Å². The van der Waals surface area contributed by atoms with Crippen LogP contribution in [0.2, 0.25) is 0 Å². The molecule has 0 spiro atoms. The minimum absolute atomic E-state index is 0.0545. The molecule has 0 aliphatic rings. The van der Waals surface area contributed by atoms with Crippen molar-refractivity contribution < 1.29 is 9.53 Å². The number of hydrogen-bond donors (Lipinski definition) is 0. The van der Waals surface area contributed by atoms with Crippen molar-refractivity contribution in [3.8, 4) is 5.75 Å². The van der Waals surface area contributed by atoms with E-state index in [1.54, 1.807) is 37.5 Å². The number of methoxy groups -OCH3 is 1. The van der Waals surface area contributed by atoms with E-state index in [9.17, 15) is 4.79 Å². The Hall–Kier alpha value is -2.08. The number of hydrogen-bond acceptors (Lipinski definition) is 5. The lowest BCUT2D eigenvalue weighted by molar-refractivity contribution is 0.102. The minimum atomic E-state index is 0.0545. The van der Waals surface area contributed by atoms with Gasteiger partial charge in [-0.2, -0.15) is 0 Å². The Kier molecular flexibility index (Phi) is 5.77. The summed E-state index contributed by atoms with van der Waals surface area (Å²) in [6.07, 6.45) is 2.60. The van der Waals surface area contributed by atoms with Gasteiger partial charge >= 0.3 is 0 Å². The molecule has 116 valence electrons. The van der Waals surface area contributed by atoms with Crippen molar-refractivity contribution in [1.82, 2.24) is 14.8 Å². The lowest BCUT2D eigenvalue weighted by Gasteiger charge is -2.06. The van der Waals surface area contributed by atoms with Crippen molar-refractivity contribution in [3.05, 3.63) is 48.3 Å². The maximum Gasteiger partial charge on any atom is 0.191 e. The summed E-state index contributed by atoms with van der Waals surface area (Å²) in [5.41, 5.74) is 0.666. The zero-order valence-electron chi connectivity index (χ0n) is 12.8. The summed E-state index contributed by atoms with van der Waals surface area (Å²) in [5, 5.41) is 9.05.